The first-order valence-electron chi connectivity index (χ1n) is 8.95. The molecule has 2 aromatic carbocycles. The van der Waals surface area contributed by atoms with E-state index in [1.54, 1.807) is 25.1 Å². The fraction of sp³-hybridized carbons (Fsp3) is 0.190. The molecule has 0 aliphatic rings. The monoisotopic (exact) mass is 396 g/mol. The maximum absolute atomic E-state index is 14.0. The number of halogens is 1. The zero-order valence-corrected chi connectivity index (χ0v) is 16.3. The topological polar surface area (TPSA) is 85.2 Å². The summed E-state index contributed by atoms with van der Waals surface area (Å²) >= 11 is 0. The number of benzene rings is 2. The standard InChI is InChI=1S/C21H21FN4O3/c1-13-8-9-14(2)19(10-13)29-12-20(27)24-25-21(28)16-11-23-26(15(16)3)18-7-5-4-6-17(18)22/h4-11H,12H2,1-3H3,(H,24,27)(H,25,28). The number of para-hydroxylation sites is 1. The van der Waals surface area contributed by atoms with Crippen molar-refractivity contribution in [3.05, 3.63) is 76.9 Å². The van der Waals surface area contributed by atoms with Crippen molar-refractivity contribution in [3.8, 4) is 11.4 Å². The van der Waals surface area contributed by atoms with E-state index < -0.39 is 17.6 Å². The molecule has 0 atom stereocenters. The summed E-state index contributed by atoms with van der Waals surface area (Å²) in [5, 5.41) is 4.07. The third kappa shape index (κ3) is 4.60. The number of nitrogens with zero attached hydrogens (tertiary/aromatic N) is 2. The van der Waals surface area contributed by atoms with Crippen LogP contribution >= 0.6 is 0 Å². The van der Waals surface area contributed by atoms with Gasteiger partial charge in [0.2, 0.25) is 0 Å². The van der Waals surface area contributed by atoms with E-state index in [9.17, 15) is 14.0 Å². The number of aryl methyl sites for hydroxylation is 2. The normalized spacial score (nSPS) is 10.5. The van der Waals surface area contributed by atoms with Crippen LogP contribution in [0.15, 0.2) is 48.7 Å². The van der Waals surface area contributed by atoms with E-state index in [0.29, 0.717) is 11.4 Å². The van der Waals surface area contributed by atoms with Crippen molar-refractivity contribution in [1.29, 1.82) is 0 Å². The van der Waals surface area contributed by atoms with Gasteiger partial charge < -0.3 is 4.74 Å². The third-order valence-electron chi connectivity index (χ3n) is 4.35. The molecule has 1 aromatic heterocycles. The molecule has 7 nitrogen and oxygen atoms in total. The van der Waals surface area contributed by atoms with Crippen LogP contribution in [0.1, 0.15) is 27.2 Å². The summed E-state index contributed by atoms with van der Waals surface area (Å²) in [7, 11) is 0. The summed E-state index contributed by atoms with van der Waals surface area (Å²) in [5.74, 6) is -0.931. The van der Waals surface area contributed by atoms with Gasteiger partial charge in [0.1, 0.15) is 17.3 Å². The summed E-state index contributed by atoms with van der Waals surface area (Å²) in [6, 6.07) is 11.8. The van der Waals surface area contributed by atoms with Gasteiger partial charge in [0.15, 0.2) is 6.61 Å². The molecule has 1 heterocycles. The molecule has 0 aliphatic carbocycles. The van der Waals surface area contributed by atoms with Crippen LogP contribution in [0.4, 0.5) is 4.39 Å². The number of hydrogen-bond donors (Lipinski definition) is 2. The van der Waals surface area contributed by atoms with Gasteiger partial charge in [-0.05, 0) is 50.1 Å². The first-order chi connectivity index (χ1) is 13.9. The zero-order valence-electron chi connectivity index (χ0n) is 16.3. The molecular weight excluding hydrogens is 375 g/mol. The lowest BCUT2D eigenvalue weighted by molar-refractivity contribution is -0.123. The molecule has 0 bridgehead atoms. The summed E-state index contributed by atoms with van der Waals surface area (Å²) in [6.07, 6.45) is 1.32. The summed E-state index contributed by atoms with van der Waals surface area (Å²) < 4.78 is 20.8. The minimum Gasteiger partial charge on any atom is -0.483 e. The van der Waals surface area contributed by atoms with E-state index in [-0.39, 0.29) is 17.9 Å². The second-order valence-electron chi connectivity index (χ2n) is 6.57. The molecule has 8 heteroatoms. The third-order valence-corrected chi connectivity index (χ3v) is 4.35. The second-order valence-corrected chi connectivity index (χ2v) is 6.57. The van der Waals surface area contributed by atoms with Crippen LogP contribution in [0.3, 0.4) is 0 Å². The molecule has 3 rings (SSSR count). The molecule has 0 spiro atoms. The molecule has 150 valence electrons. The van der Waals surface area contributed by atoms with E-state index in [2.05, 4.69) is 16.0 Å². The molecule has 0 saturated heterocycles. The molecular formula is C21H21FN4O3. The molecule has 0 fully saturated rings. The Hall–Kier alpha value is -3.68. The molecule has 2 amide bonds. The van der Waals surface area contributed by atoms with Gasteiger partial charge in [-0.3, -0.25) is 20.4 Å². The highest BCUT2D eigenvalue weighted by molar-refractivity contribution is 5.96. The fourth-order valence-electron chi connectivity index (χ4n) is 2.73. The number of rotatable bonds is 5. The first kappa shape index (κ1) is 20.1. The predicted molar refractivity (Wildman–Crippen MR) is 105 cm³/mol. The Labute approximate surface area is 167 Å². The van der Waals surface area contributed by atoms with Gasteiger partial charge in [-0.1, -0.05) is 24.3 Å². The fourth-order valence-corrected chi connectivity index (χ4v) is 2.73. The summed E-state index contributed by atoms with van der Waals surface area (Å²) in [5.41, 5.74) is 7.42. The quantitative estimate of drug-likeness (QED) is 0.650. The number of ether oxygens (including phenoxy) is 1. The van der Waals surface area contributed by atoms with Crippen molar-refractivity contribution in [1.82, 2.24) is 20.6 Å². The van der Waals surface area contributed by atoms with Crippen LogP contribution in [-0.4, -0.2) is 28.2 Å². The number of hydrazine groups is 1. The van der Waals surface area contributed by atoms with E-state index in [4.69, 9.17) is 4.74 Å². The number of nitrogens with one attached hydrogen (secondary N) is 2. The van der Waals surface area contributed by atoms with Crippen molar-refractivity contribution in [2.75, 3.05) is 6.61 Å². The van der Waals surface area contributed by atoms with Gasteiger partial charge >= 0.3 is 0 Å². The minimum absolute atomic E-state index is 0.212. The zero-order chi connectivity index (χ0) is 21.0. The van der Waals surface area contributed by atoms with Gasteiger partial charge in [0.05, 0.1) is 17.5 Å². The highest BCUT2D eigenvalue weighted by atomic mass is 19.1. The Balaban J connectivity index is 1.59. The highest BCUT2D eigenvalue weighted by Crippen LogP contribution is 2.19. The average Bonchev–Trinajstić information content (AvgIpc) is 3.08. The lowest BCUT2D eigenvalue weighted by atomic mass is 10.1. The molecule has 0 aliphatic heterocycles. The van der Waals surface area contributed by atoms with Crippen LogP contribution in [0.2, 0.25) is 0 Å². The second kappa shape index (κ2) is 8.55. The summed E-state index contributed by atoms with van der Waals surface area (Å²) in [4.78, 5) is 24.3. The Morgan fingerprint density at radius 1 is 1.10 bits per heavy atom. The lowest BCUT2D eigenvalue weighted by Crippen LogP contribution is -2.44. The van der Waals surface area contributed by atoms with Gasteiger partial charge in [0.25, 0.3) is 11.8 Å². The van der Waals surface area contributed by atoms with Crippen LogP contribution in [0, 0.1) is 26.6 Å². The lowest BCUT2D eigenvalue weighted by Gasteiger charge is -2.11. The van der Waals surface area contributed by atoms with Crippen LogP contribution in [0.5, 0.6) is 5.75 Å². The molecule has 3 aromatic rings. The summed E-state index contributed by atoms with van der Waals surface area (Å²) in [6.45, 7) is 5.19. The number of aromatic nitrogens is 2. The maximum Gasteiger partial charge on any atom is 0.276 e. The highest BCUT2D eigenvalue weighted by Gasteiger charge is 2.17. The number of amides is 2. The van der Waals surface area contributed by atoms with Gasteiger partial charge in [-0.15, -0.1) is 0 Å². The van der Waals surface area contributed by atoms with Crippen LogP contribution in [0.25, 0.3) is 5.69 Å². The molecule has 2 N–H and O–H groups in total. The Kier molecular flexibility index (Phi) is 5.92. The van der Waals surface area contributed by atoms with Crippen molar-refractivity contribution in [3.63, 3.8) is 0 Å². The molecule has 29 heavy (non-hydrogen) atoms. The van der Waals surface area contributed by atoms with E-state index in [1.807, 2.05) is 32.0 Å². The van der Waals surface area contributed by atoms with Gasteiger partial charge in [-0.25, -0.2) is 9.07 Å². The predicted octanol–water partition coefficient (Wildman–Crippen LogP) is 2.78. The van der Waals surface area contributed by atoms with Crippen LogP contribution in [-0.2, 0) is 4.79 Å². The van der Waals surface area contributed by atoms with Crippen LogP contribution < -0.4 is 15.6 Å². The number of carbonyl (C=O) groups is 2. The number of hydrogen-bond acceptors (Lipinski definition) is 4. The molecule has 0 unspecified atom stereocenters. The van der Waals surface area contributed by atoms with Gasteiger partial charge in [-0.2, -0.15) is 5.10 Å². The van der Waals surface area contributed by atoms with Gasteiger partial charge in [0, 0.05) is 0 Å². The van der Waals surface area contributed by atoms with Crippen molar-refractivity contribution >= 4 is 11.8 Å². The minimum atomic E-state index is -0.565. The first-order valence-corrected chi connectivity index (χ1v) is 8.95. The Morgan fingerprint density at radius 2 is 1.86 bits per heavy atom. The van der Waals surface area contributed by atoms with Crippen molar-refractivity contribution < 1.29 is 18.7 Å². The van der Waals surface area contributed by atoms with E-state index >= 15 is 0 Å². The van der Waals surface area contributed by atoms with E-state index in [1.165, 1.54) is 16.9 Å². The SMILES string of the molecule is Cc1ccc(C)c(OCC(=O)NNC(=O)c2cnn(-c3ccccc3F)c2C)c1. The molecule has 0 radical (unpaired) electrons. The smallest absolute Gasteiger partial charge is 0.276 e. The Morgan fingerprint density at radius 3 is 2.62 bits per heavy atom. The largest absolute Gasteiger partial charge is 0.483 e. The van der Waals surface area contributed by atoms with E-state index in [0.717, 1.165) is 11.1 Å². The number of carbonyl (C=O) groups excluding carboxylic acids is 2. The maximum atomic E-state index is 14.0. The van der Waals surface area contributed by atoms with Crippen molar-refractivity contribution in [2.24, 2.45) is 0 Å². The molecule has 0 saturated carbocycles. The average molecular weight is 396 g/mol. The Bertz CT molecular complexity index is 1060. The van der Waals surface area contributed by atoms with Crippen molar-refractivity contribution in [2.45, 2.75) is 20.8 Å².